The standard InChI is InChI=1S/C11H11BrN2O/c12-10-2-1-3-11(9(10)6-13)14-8-4-5-15-7-8/h1-3,8,14H,4-5,7H2. The predicted octanol–water partition coefficient (Wildman–Crippen LogP) is 2.52. The summed E-state index contributed by atoms with van der Waals surface area (Å²) in [6.07, 6.45) is 0.997. The van der Waals surface area contributed by atoms with E-state index in [1.807, 2.05) is 18.2 Å². The summed E-state index contributed by atoms with van der Waals surface area (Å²) < 4.78 is 6.10. The first-order chi connectivity index (χ1) is 7.31. The monoisotopic (exact) mass is 266 g/mol. The van der Waals surface area contributed by atoms with Crippen molar-refractivity contribution in [3.05, 3.63) is 28.2 Å². The molecule has 0 radical (unpaired) electrons. The van der Waals surface area contributed by atoms with Gasteiger partial charge in [0.25, 0.3) is 0 Å². The summed E-state index contributed by atoms with van der Waals surface area (Å²) in [6.45, 7) is 1.52. The Hall–Kier alpha value is -1.05. The van der Waals surface area contributed by atoms with Gasteiger partial charge in [0.05, 0.1) is 23.9 Å². The number of nitriles is 1. The number of benzene rings is 1. The number of anilines is 1. The summed E-state index contributed by atoms with van der Waals surface area (Å²) in [5, 5.41) is 12.3. The molecule has 15 heavy (non-hydrogen) atoms. The van der Waals surface area contributed by atoms with Crippen LogP contribution in [0.1, 0.15) is 12.0 Å². The second kappa shape index (κ2) is 4.65. The highest BCUT2D eigenvalue weighted by atomic mass is 79.9. The van der Waals surface area contributed by atoms with Crippen LogP contribution in [0, 0.1) is 11.3 Å². The van der Waals surface area contributed by atoms with Crippen LogP contribution in [-0.2, 0) is 4.74 Å². The van der Waals surface area contributed by atoms with Gasteiger partial charge in [-0.15, -0.1) is 0 Å². The van der Waals surface area contributed by atoms with E-state index in [1.165, 1.54) is 0 Å². The zero-order valence-electron chi connectivity index (χ0n) is 8.16. The van der Waals surface area contributed by atoms with Crippen molar-refractivity contribution in [2.75, 3.05) is 18.5 Å². The fourth-order valence-corrected chi connectivity index (χ4v) is 2.08. The van der Waals surface area contributed by atoms with E-state index in [-0.39, 0.29) is 0 Å². The lowest BCUT2D eigenvalue weighted by Crippen LogP contribution is -2.19. The molecule has 1 fully saturated rings. The minimum absolute atomic E-state index is 0.325. The highest BCUT2D eigenvalue weighted by Crippen LogP contribution is 2.25. The molecule has 1 N–H and O–H groups in total. The average Bonchev–Trinajstić information content (AvgIpc) is 2.71. The molecule has 1 aliphatic rings. The Morgan fingerprint density at radius 2 is 2.40 bits per heavy atom. The first-order valence-electron chi connectivity index (χ1n) is 4.84. The molecule has 0 aliphatic carbocycles. The lowest BCUT2D eigenvalue weighted by molar-refractivity contribution is 0.195. The molecule has 0 amide bonds. The molecule has 1 atom stereocenters. The Morgan fingerprint density at radius 3 is 3.07 bits per heavy atom. The second-order valence-electron chi connectivity index (χ2n) is 3.48. The van der Waals surface area contributed by atoms with E-state index in [1.54, 1.807) is 0 Å². The molecule has 1 unspecified atom stereocenters. The molecule has 1 aliphatic heterocycles. The maximum Gasteiger partial charge on any atom is 0.103 e. The highest BCUT2D eigenvalue weighted by Gasteiger charge is 2.16. The fraction of sp³-hybridized carbons (Fsp3) is 0.364. The van der Waals surface area contributed by atoms with E-state index in [0.717, 1.165) is 29.8 Å². The SMILES string of the molecule is N#Cc1c(Br)cccc1NC1CCOC1. The van der Waals surface area contributed by atoms with Gasteiger partial charge >= 0.3 is 0 Å². The fourth-order valence-electron chi connectivity index (χ4n) is 1.63. The van der Waals surface area contributed by atoms with Crippen LogP contribution in [0.15, 0.2) is 22.7 Å². The van der Waals surface area contributed by atoms with Gasteiger partial charge < -0.3 is 10.1 Å². The van der Waals surface area contributed by atoms with Crippen LogP contribution in [0.4, 0.5) is 5.69 Å². The summed E-state index contributed by atoms with van der Waals surface area (Å²) in [5.74, 6) is 0. The van der Waals surface area contributed by atoms with Crippen molar-refractivity contribution in [3.8, 4) is 6.07 Å². The number of ether oxygens (including phenoxy) is 1. The Labute approximate surface area is 97.2 Å². The molecule has 1 aromatic rings. The number of hydrogen-bond acceptors (Lipinski definition) is 3. The zero-order chi connectivity index (χ0) is 10.7. The van der Waals surface area contributed by atoms with Crippen LogP contribution < -0.4 is 5.32 Å². The van der Waals surface area contributed by atoms with Crippen LogP contribution >= 0.6 is 15.9 Å². The highest BCUT2D eigenvalue weighted by molar-refractivity contribution is 9.10. The lowest BCUT2D eigenvalue weighted by atomic mass is 10.1. The van der Waals surface area contributed by atoms with Crippen LogP contribution in [0.5, 0.6) is 0 Å². The Morgan fingerprint density at radius 1 is 1.53 bits per heavy atom. The summed E-state index contributed by atoms with van der Waals surface area (Å²) in [6, 6.07) is 8.22. The van der Waals surface area contributed by atoms with Gasteiger partial charge in [-0.3, -0.25) is 0 Å². The average molecular weight is 267 g/mol. The van der Waals surface area contributed by atoms with Gasteiger partial charge in [-0.25, -0.2) is 0 Å². The van der Waals surface area contributed by atoms with Crippen molar-refractivity contribution in [1.82, 2.24) is 0 Å². The van der Waals surface area contributed by atoms with Gasteiger partial charge in [-0.1, -0.05) is 6.07 Å². The van der Waals surface area contributed by atoms with Gasteiger partial charge in [0.15, 0.2) is 0 Å². The van der Waals surface area contributed by atoms with Crippen molar-refractivity contribution in [2.24, 2.45) is 0 Å². The molecule has 4 heteroatoms. The minimum atomic E-state index is 0.325. The zero-order valence-corrected chi connectivity index (χ0v) is 9.75. The number of hydrogen-bond donors (Lipinski definition) is 1. The van der Waals surface area contributed by atoms with Gasteiger partial charge in [0.1, 0.15) is 6.07 Å². The summed E-state index contributed by atoms with van der Waals surface area (Å²) in [7, 11) is 0. The van der Waals surface area contributed by atoms with Gasteiger partial charge in [-0.05, 0) is 34.5 Å². The Balaban J connectivity index is 2.20. The lowest BCUT2D eigenvalue weighted by Gasteiger charge is -2.13. The molecule has 78 valence electrons. The third-order valence-corrected chi connectivity index (χ3v) is 3.08. The van der Waals surface area contributed by atoms with Crippen LogP contribution in [0.3, 0.4) is 0 Å². The molecule has 1 saturated heterocycles. The number of halogens is 1. The molecule has 1 heterocycles. The van der Waals surface area contributed by atoms with E-state index < -0.39 is 0 Å². The maximum absolute atomic E-state index is 9.02. The molecule has 0 aromatic heterocycles. The van der Waals surface area contributed by atoms with E-state index in [9.17, 15) is 0 Å². The largest absolute Gasteiger partial charge is 0.379 e. The first-order valence-corrected chi connectivity index (χ1v) is 5.63. The predicted molar refractivity (Wildman–Crippen MR) is 61.7 cm³/mol. The summed E-state index contributed by atoms with van der Waals surface area (Å²) in [4.78, 5) is 0. The van der Waals surface area contributed by atoms with Crippen molar-refractivity contribution in [2.45, 2.75) is 12.5 Å². The van der Waals surface area contributed by atoms with E-state index in [0.29, 0.717) is 11.6 Å². The summed E-state index contributed by atoms with van der Waals surface area (Å²) >= 11 is 3.36. The van der Waals surface area contributed by atoms with Gasteiger partial charge in [0.2, 0.25) is 0 Å². The molecule has 2 rings (SSSR count). The Kier molecular flexibility index (Phi) is 3.24. The van der Waals surface area contributed by atoms with Crippen molar-refractivity contribution in [3.63, 3.8) is 0 Å². The smallest absolute Gasteiger partial charge is 0.103 e. The maximum atomic E-state index is 9.02. The third-order valence-electron chi connectivity index (χ3n) is 2.41. The van der Waals surface area contributed by atoms with Gasteiger partial charge in [0, 0.05) is 11.1 Å². The number of rotatable bonds is 2. The molecule has 0 spiro atoms. The second-order valence-corrected chi connectivity index (χ2v) is 4.33. The van der Waals surface area contributed by atoms with Gasteiger partial charge in [-0.2, -0.15) is 5.26 Å². The normalized spacial score (nSPS) is 19.9. The first kappa shape index (κ1) is 10.5. The van der Waals surface area contributed by atoms with E-state index >= 15 is 0 Å². The van der Waals surface area contributed by atoms with Crippen molar-refractivity contribution < 1.29 is 4.74 Å². The molecular formula is C11H11BrN2O. The third kappa shape index (κ3) is 2.31. The molecule has 0 bridgehead atoms. The Bertz CT molecular complexity index is 394. The van der Waals surface area contributed by atoms with E-state index in [2.05, 4.69) is 27.3 Å². The molecule has 3 nitrogen and oxygen atoms in total. The molecule has 0 saturated carbocycles. The number of nitrogens with one attached hydrogen (secondary N) is 1. The molecular weight excluding hydrogens is 256 g/mol. The van der Waals surface area contributed by atoms with Crippen molar-refractivity contribution >= 4 is 21.6 Å². The van der Waals surface area contributed by atoms with Crippen LogP contribution in [0.2, 0.25) is 0 Å². The minimum Gasteiger partial charge on any atom is -0.379 e. The van der Waals surface area contributed by atoms with E-state index in [4.69, 9.17) is 10.00 Å². The van der Waals surface area contributed by atoms with Crippen LogP contribution in [-0.4, -0.2) is 19.3 Å². The number of nitrogens with zero attached hydrogens (tertiary/aromatic N) is 1. The quantitative estimate of drug-likeness (QED) is 0.895. The summed E-state index contributed by atoms with van der Waals surface area (Å²) in [5.41, 5.74) is 1.53. The molecule has 1 aromatic carbocycles. The van der Waals surface area contributed by atoms with Crippen molar-refractivity contribution in [1.29, 1.82) is 5.26 Å². The van der Waals surface area contributed by atoms with Crippen LogP contribution in [0.25, 0.3) is 0 Å². The topological polar surface area (TPSA) is 45.0 Å².